The number of carboxylic acids is 1. The van der Waals surface area contributed by atoms with Crippen LogP contribution >= 0.6 is 19.6 Å². The molecule has 66 heavy (non-hydrogen) atoms. The summed E-state index contributed by atoms with van der Waals surface area (Å²) < 4.78 is 34.3. The minimum absolute atomic E-state index is 0.0441. The van der Waals surface area contributed by atoms with Crippen LogP contribution in [0.2, 0.25) is 0 Å². The largest absolute Gasteiger partial charge is 0.481 e. The molecule has 1 unspecified atom stereocenters. The molecule has 0 aromatic carbocycles. The molecule has 0 aliphatic carbocycles. The Kier molecular flexibility index (Phi) is 39.7. The van der Waals surface area contributed by atoms with E-state index < -0.39 is 62.4 Å². The molecule has 0 radical (unpaired) electrons. The van der Waals surface area contributed by atoms with Crippen LogP contribution in [0.25, 0.3) is 0 Å². The van der Waals surface area contributed by atoms with Gasteiger partial charge in [-0.1, -0.05) is 137 Å². The molecule has 0 aliphatic heterocycles. The fourth-order valence-electron chi connectivity index (χ4n) is 5.68. The standard InChI is InChI=1S/C51H85N2O11PS/c1-6-8-10-12-14-16-18-20-21-22-23-24-26-28-30-32-34-39-50(57)64-45(43-63-65(59,60)62-41-40-53(3,4)5)42-61-51(58)46(52)44-66-48(47(54)36-35-38-49(55)56)37-33-31-29-27-25-19-17-15-13-11-9-7-2/h14-17,20-21,23-25,27-31,33,37,45-48,54H,6-13,18-19,22,26,32,34-36,38-44,52H2,1-5H3,(H-,55,56,59,60)/p+1/b16-14-,17-15-,21-20-,24-23-,27-25-,30-28-,31-29+,37-33+/t45-,46+,47+,48-/m1/s1. The number of phosphoric acid groups is 1. The van der Waals surface area contributed by atoms with Gasteiger partial charge < -0.3 is 34.8 Å². The van der Waals surface area contributed by atoms with Crippen LogP contribution in [-0.2, 0) is 37.5 Å². The Labute approximate surface area is 402 Å². The van der Waals surface area contributed by atoms with E-state index in [1.54, 1.807) is 12.2 Å². The van der Waals surface area contributed by atoms with E-state index in [0.29, 0.717) is 23.9 Å². The molecule has 0 rings (SSSR count). The van der Waals surface area contributed by atoms with Gasteiger partial charge in [-0.25, -0.2) is 4.57 Å². The number of aliphatic hydroxyl groups excluding tert-OH is 1. The number of allylic oxidation sites excluding steroid dienone is 15. The number of aliphatic carboxylic acids is 1. The predicted molar refractivity (Wildman–Crippen MR) is 271 cm³/mol. The van der Waals surface area contributed by atoms with Gasteiger partial charge in [-0.3, -0.25) is 23.4 Å². The zero-order chi connectivity index (χ0) is 49.2. The number of phosphoric ester groups is 1. The van der Waals surface area contributed by atoms with E-state index in [2.05, 4.69) is 62.5 Å². The maximum absolute atomic E-state index is 13.1. The third kappa shape index (κ3) is 42.1. The average molecular weight is 966 g/mol. The quantitative estimate of drug-likeness (QED) is 0.0113. The molecule has 0 spiro atoms. The van der Waals surface area contributed by atoms with Gasteiger partial charge >= 0.3 is 25.7 Å². The molecule has 376 valence electrons. The topological polar surface area (TPSA) is 192 Å². The highest BCUT2D eigenvalue weighted by Gasteiger charge is 2.28. The summed E-state index contributed by atoms with van der Waals surface area (Å²) in [5.41, 5.74) is 6.20. The minimum Gasteiger partial charge on any atom is -0.481 e. The number of thioether (sulfide) groups is 1. The van der Waals surface area contributed by atoms with Gasteiger partial charge in [0.05, 0.1) is 33.9 Å². The van der Waals surface area contributed by atoms with Crippen molar-refractivity contribution in [2.24, 2.45) is 5.73 Å². The number of hydrogen-bond acceptors (Lipinski definition) is 11. The van der Waals surface area contributed by atoms with Gasteiger partial charge in [0.25, 0.3) is 0 Å². The van der Waals surface area contributed by atoms with E-state index in [4.69, 9.17) is 29.4 Å². The number of ether oxygens (including phenoxy) is 2. The highest BCUT2D eigenvalue weighted by Crippen LogP contribution is 2.43. The summed E-state index contributed by atoms with van der Waals surface area (Å²) in [5.74, 6) is -2.33. The van der Waals surface area contributed by atoms with Gasteiger partial charge in [0.15, 0.2) is 6.10 Å². The first-order valence-corrected chi connectivity index (χ1v) is 26.4. The number of aliphatic hydroxyl groups is 1. The Morgan fingerprint density at radius 3 is 1.80 bits per heavy atom. The van der Waals surface area contributed by atoms with Gasteiger partial charge in [-0.05, 0) is 77.0 Å². The third-order valence-electron chi connectivity index (χ3n) is 9.58. The van der Waals surface area contributed by atoms with E-state index in [1.807, 2.05) is 57.6 Å². The second kappa shape index (κ2) is 41.8. The molecule has 13 nitrogen and oxygen atoms in total. The number of carboxylic acid groups (broad SMARTS) is 1. The third-order valence-corrected chi connectivity index (χ3v) is 12.0. The number of carbonyl (C=O) groups is 3. The van der Waals surface area contributed by atoms with Crippen molar-refractivity contribution in [2.75, 3.05) is 53.3 Å². The SMILES string of the molecule is CCCCC/C=C\C\C=C/C=C/C=C/[C@@H](SC[C@H](N)C(=O)OC[C@H](COP(=O)(O)OCC[N+](C)(C)C)OC(=O)CCC/C=C\C/C=C\C/C=C\C/C=C\CCCCC)[C@@H](O)CCCC(=O)O. The number of carbonyl (C=O) groups excluding carboxylic acids is 2. The maximum atomic E-state index is 13.1. The second-order valence-electron chi connectivity index (χ2n) is 17.0. The van der Waals surface area contributed by atoms with E-state index in [-0.39, 0.29) is 38.0 Å². The van der Waals surface area contributed by atoms with E-state index in [0.717, 1.165) is 38.5 Å². The van der Waals surface area contributed by atoms with Crippen molar-refractivity contribution in [1.29, 1.82) is 0 Å². The Balaban J connectivity index is 5.30. The number of nitrogens with two attached hydrogens (primary N) is 1. The molecule has 0 heterocycles. The Hall–Kier alpha value is -3.33. The molecule has 0 aromatic heterocycles. The second-order valence-corrected chi connectivity index (χ2v) is 19.7. The molecular formula is C51H86N2O11PS+. The minimum atomic E-state index is -4.53. The van der Waals surface area contributed by atoms with E-state index in [1.165, 1.54) is 50.3 Å². The molecule has 5 atom stereocenters. The van der Waals surface area contributed by atoms with Crippen LogP contribution < -0.4 is 5.73 Å². The summed E-state index contributed by atoms with van der Waals surface area (Å²) in [6.45, 7) is 3.69. The van der Waals surface area contributed by atoms with Gasteiger partial charge in [0, 0.05) is 23.8 Å². The fraction of sp³-hybridized carbons (Fsp3) is 0.627. The number of esters is 2. The fourth-order valence-corrected chi connectivity index (χ4v) is 7.55. The summed E-state index contributed by atoms with van der Waals surface area (Å²) in [6.07, 6.45) is 45.1. The first-order chi connectivity index (χ1) is 31.6. The highest BCUT2D eigenvalue weighted by molar-refractivity contribution is 8.00. The van der Waals surface area contributed by atoms with Crippen molar-refractivity contribution >= 4 is 37.5 Å². The molecule has 0 aliphatic rings. The maximum Gasteiger partial charge on any atom is 0.472 e. The van der Waals surface area contributed by atoms with Crippen LogP contribution in [0.3, 0.4) is 0 Å². The molecule has 5 N–H and O–H groups in total. The van der Waals surface area contributed by atoms with Gasteiger partial charge in [-0.2, -0.15) is 0 Å². The first kappa shape index (κ1) is 62.7. The van der Waals surface area contributed by atoms with Crippen molar-refractivity contribution in [1.82, 2.24) is 0 Å². The normalized spacial score (nSPS) is 15.6. The molecule has 0 fully saturated rings. The molecular weight excluding hydrogens is 880 g/mol. The van der Waals surface area contributed by atoms with Gasteiger partial charge in [0.1, 0.15) is 25.8 Å². The first-order valence-electron chi connectivity index (χ1n) is 23.9. The van der Waals surface area contributed by atoms with Crippen LogP contribution in [0.5, 0.6) is 0 Å². The van der Waals surface area contributed by atoms with Crippen molar-refractivity contribution in [3.8, 4) is 0 Å². The molecule has 0 amide bonds. The Morgan fingerprint density at radius 1 is 0.697 bits per heavy atom. The predicted octanol–water partition coefficient (Wildman–Crippen LogP) is 10.7. The van der Waals surface area contributed by atoms with Crippen molar-refractivity contribution in [3.05, 3.63) is 97.2 Å². The zero-order valence-electron chi connectivity index (χ0n) is 40.8. The van der Waals surface area contributed by atoms with Gasteiger partial charge in [-0.15, -0.1) is 11.8 Å². The number of unbranched alkanes of at least 4 members (excludes halogenated alkanes) is 7. The summed E-state index contributed by atoms with van der Waals surface area (Å²) in [4.78, 5) is 47.3. The Morgan fingerprint density at radius 2 is 1.24 bits per heavy atom. The van der Waals surface area contributed by atoms with Crippen LogP contribution in [-0.4, -0.2) is 114 Å². The summed E-state index contributed by atoms with van der Waals surface area (Å²) in [5, 5.41) is 19.5. The number of likely N-dealkylation sites (N-methyl/N-ethyl adjacent to an activating group) is 1. The van der Waals surface area contributed by atoms with E-state index in [9.17, 15) is 28.9 Å². The smallest absolute Gasteiger partial charge is 0.472 e. The zero-order valence-corrected chi connectivity index (χ0v) is 42.5. The van der Waals surface area contributed by atoms with Crippen LogP contribution in [0.15, 0.2) is 97.2 Å². The van der Waals surface area contributed by atoms with Crippen LogP contribution in [0, 0.1) is 0 Å². The van der Waals surface area contributed by atoms with Crippen molar-refractivity contribution in [3.63, 3.8) is 0 Å². The Bertz CT molecular complexity index is 1570. The lowest BCUT2D eigenvalue weighted by Gasteiger charge is -2.24. The molecule has 0 aromatic rings. The molecule has 0 saturated carbocycles. The summed E-state index contributed by atoms with van der Waals surface area (Å²) in [6, 6.07) is -1.14. The highest BCUT2D eigenvalue weighted by atomic mass is 32.2. The molecule has 0 bridgehead atoms. The monoisotopic (exact) mass is 966 g/mol. The van der Waals surface area contributed by atoms with Gasteiger partial charge in [0.2, 0.25) is 0 Å². The number of quaternary nitrogens is 1. The summed E-state index contributed by atoms with van der Waals surface area (Å²) >= 11 is 1.22. The van der Waals surface area contributed by atoms with Crippen molar-refractivity contribution < 1.29 is 57.1 Å². The lowest BCUT2D eigenvalue weighted by molar-refractivity contribution is -0.870. The number of nitrogens with zero attached hydrogens (tertiary/aromatic N) is 1. The number of hydrogen-bond donors (Lipinski definition) is 4. The average Bonchev–Trinajstić information content (AvgIpc) is 3.26. The van der Waals surface area contributed by atoms with Crippen LogP contribution in [0.1, 0.15) is 129 Å². The lowest BCUT2D eigenvalue weighted by Crippen LogP contribution is -2.39. The van der Waals surface area contributed by atoms with Crippen LogP contribution in [0.4, 0.5) is 0 Å². The van der Waals surface area contributed by atoms with E-state index >= 15 is 0 Å². The molecule has 0 saturated heterocycles. The summed E-state index contributed by atoms with van der Waals surface area (Å²) in [7, 11) is 1.17. The lowest BCUT2D eigenvalue weighted by atomic mass is 10.1. The molecule has 15 heteroatoms. The van der Waals surface area contributed by atoms with Crippen molar-refractivity contribution in [2.45, 2.75) is 153 Å². The number of rotatable bonds is 42.